The second-order valence-electron chi connectivity index (χ2n) is 6.35. The van der Waals surface area contributed by atoms with Gasteiger partial charge < -0.3 is 0 Å². The summed E-state index contributed by atoms with van der Waals surface area (Å²) < 4.78 is 1.49. The van der Waals surface area contributed by atoms with Crippen molar-refractivity contribution in [1.29, 1.82) is 5.26 Å². The van der Waals surface area contributed by atoms with Crippen molar-refractivity contribution < 1.29 is 0 Å². The molecule has 0 N–H and O–H groups in total. The van der Waals surface area contributed by atoms with Crippen LogP contribution in [0.25, 0.3) is 22.2 Å². The van der Waals surface area contributed by atoms with Crippen molar-refractivity contribution >= 4 is 22.2 Å². The average molecular weight is 381 g/mol. The van der Waals surface area contributed by atoms with E-state index in [2.05, 4.69) is 24.8 Å². The predicted octanol–water partition coefficient (Wildman–Crippen LogP) is 5.80. The van der Waals surface area contributed by atoms with Gasteiger partial charge in [0.2, 0.25) is 0 Å². The van der Waals surface area contributed by atoms with Crippen LogP contribution in [0.5, 0.6) is 0 Å². The summed E-state index contributed by atoms with van der Waals surface area (Å²) in [6.07, 6.45) is 8.49. The molecule has 0 bridgehead atoms. The number of hydrogen-bond acceptors (Lipinski definition) is 4. The Morgan fingerprint density at radius 2 is 1.97 bits per heavy atom. The van der Waals surface area contributed by atoms with Crippen LogP contribution in [0.4, 0.5) is 5.69 Å². The van der Waals surface area contributed by atoms with Crippen molar-refractivity contribution in [2.75, 3.05) is 0 Å². The first-order chi connectivity index (χ1) is 14.1. The van der Waals surface area contributed by atoms with Gasteiger partial charge in [-0.2, -0.15) is 5.26 Å². The average Bonchev–Trinajstić information content (AvgIpc) is 2.76. The molecular weight excluding hydrogens is 362 g/mol. The highest BCUT2D eigenvalue weighted by Gasteiger charge is 2.12. The minimum Gasteiger partial charge on any atom is -0.276 e. The minimum atomic E-state index is -0.411. The number of pyridine rings is 1. The van der Waals surface area contributed by atoms with Crippen LogP contribution >= 0.6 is 0 Å². The van der Waals surface area contributed by atoms with E-state index in [1.54, 1.807) is 36.4 Å². The SMILES string of the molecule is C=C/C=C\C(=C/CC)c1ccc2cc(C#N)c(=O)n(-c3ccc(N=O)cc3)c2c1. The summed E-state index contributed by atoms with van der Waals surface area (Å²) in [5.74, 6) is 0. The molecule has 0 spiro atoms. The van der Waals surface area contributed by atoms with Crippen molar-refractivity contribution in [2.45, 2.75) is 13.3 Å². The molecule has 5 heteroatoms. The molecule has 0 amide bonds. The Morgan fingerprint density at radius 3 is 2.59 bits per heavy atom. The lowest BCUT2D eigenvalue weighted by molar-refractivity contribution is 1.03. The minimum absolute atomic E-state index is 0.0544. The molecule has 5 nitrogen and oxygen atoms in total. The van der Waals surface area contributed by atoms with E-state index in [0.717, 1.165) is 22.9 Å². The fourth-order valence-corrected chi connectivity index (χ4v) is 3.16. The van der Waals surface area contributed by atoms with Crippen LogP contribution < -0.4 is 5.56 Å². The number of nitroso groups, excluding NO2 is 1. The van der Waals surface area contributed by atoms with Gasteiger partial charge in [-0.1, -0.05) is 49.9 Å². The molecule has 0 fully saturated rings. The lowest BCUT2D eigenvalue weighted by Gasteiger charge is -2.13. The van der Waals surface area contributed by atoms with Crippen LogP contribution in [0, 0.1) is 16.2 Å². The number of rotatable bonds is 6. The molecule has 0 atom stereocenters. The highest BCUT2D eigenvalue weighted by Crippen LogP contribution is 2.25. The standard InChI is InChI=1S/C24H19N3O2/c1-3-5-7-17(6-4-2)18-8-9-19-14-20(16-25)24(28)27(23(19)15-18)22-12-10-21(26-29)11-13-22/h3,5-15H,1,4H2,2H3/b7-5-,17-6+. The summed E-state index contributed by atoms with van der Waals surface area (Å²) in [5.41, 5.74) is 3.10. The van der Waals surface area contributed by atoms with Crippen LogP contribution in [0.15, 0.2) is 89.4 Å². The number of benzene rings is 2. The molecule has 0 aliphatic carbocycles. The quantitative estimate of drug-likeness (QED) is 0.400. The Hall–Kier alpha value is -4.04. The third-order valence-corrected chi connectivity index (χ3v) is 4.51. The van der Waals surface area contributed by atoms with Crippen LogP contribution in [0.2, 0.25) is 0 Å². The third kappa shape index (κ3) is 3.97. The van der Waals surface area contributed by atoms with E-state index in [9.17, 15) is 15.0 Å². The topological polar surface area (TPSA) is 75.2 Å². The molecule has 2 aromatic carbocycles. The summed E-state index contributed by atoms with van der Waals surface area (Å²) >= 11 is 0. The molecule has 1 heterocycles. The first-order valence-corrected chi connectivity index (χ1v) is 9.16. The molecule has 3 aromatic rings. The Balaban J connectivity index is 2.33. The Bertz CT molecular complexity index is 1240. The van der Waals surface area contributed by atoms with Gasteiger partial charge in [0, 0.05) is 11.1 Å². The summed E-state index contributed by atoms with van der Waals surface area (Å²) in [7, 11) is 0. The van der Waals surface area contributed by atoms with E-state index >= 15 is 0 Å². The number of fused-ring (bicyclic) bond motifs is 1. The first-order valence-electron chi connectivity index (χ1n) is 9.16. The summed E-state index contributed by atoms with van der Waals surface area (Å²) in [6, 6.07) is 15.7. The van der Waals surface area contributed by atoms with Gasteiger partial charge in [0.05, 0.1) is 5.52 Å². The smallest absolute Gasteiger partial charge is 0.273 e. The van der Waals surface area contributed by atoms with Crippen molar-refractivity contribution in [3.8, 4) is 11.8 Å². The molecule has 29 heavy (non-hydrogen) atoms. The van der Waals surface area contributed by atoms with E-state index < -0.39 is 5.56 Å². The van der Waals surface area contributed by atoms with Gasteiger partial charge in [0.1, 0.15) is 17.3 Å². The fourth-order valence-electron chi connectivity index (χ4n) is 3.16. The van der Waals surface area contributed by atoms with Gasteiger partial charge in [0.25, 0.3) is 5.56 Å². The van der Waals surface area contributed by atoms with E-state index in [0.29, 0.717) is 11.2 Å². The Morgan fingerprint density at radius 1 is 1.21 bits per heavy atom. The fraction of sp³-hybridized carbons (Fsp3) is 0.0833. The molecule has 0 saturated heterocycles. The van der Waals surface area contributed by atoms with Gasteiger partial charge >= 0.3 is 0 Å². The first kappa shape index (κ1) is 19.7. The number of nitriles is 1. The zero-order valence-corrected chi connectivity index (χ0v) is 16.0. The van der Waals surface area contributed by atoms with Crippen molar-refractivity contribution in [3.63, 3.8) is 0 Å². The monoisotopic (exact) mass is 381 g/mol. The lowest BCUT2D eigenvalue weighted by Crippen LogP contribution is -2.21. The van der Waals surface area contributed by atoms with Gasteiger partial charge in [-0.25, -0.2) is 0 Å². The molecule has 0 radical (unpaired) electrons. The number of aromatic nitrogens is 1. The van der Waals surface area contributed by atoms with E-state index in [4.69, 9.17) is 0 Å². The van der Waals surface area contributed by atoms with E-state index in [1.165, 1.54) is 4.57 Å². The van der Waals surface area contributed by atoms with Crippen molar-refractivity contribution in [1.82, 2.24) is 4.57 Å². The molecule has 0 aliphatic heterocycles. The molecule has 0 unspecified atom stereocenters. The summed E-state index contributed by atoms with van der Waals surface area (Å²) in [4.78, 5) is 23.7. The zero-order chi connectivity index (χ0) is 20.8. The number of hydrogen-bond donors (Lipinski definition) is 0. The maximum Gasteiger partial charge on any atom is 0.273 e. The molecule has 3 rings (SSSR count). The van der Waals surface area contributed by atoms with Gasteiger partial charge in [-0.15, -0.1) is 4.91 Å². The van der Waals surface area contributed by atoms with Gasteiger partial charge in [-0.3, -0.25) is 9.36 Å². The predicted molar refractivity (Wildman–Crippen MR) is 117 cm³/mol. The van der Waals surface area contributed by atoms with Crippen LogP contribution in [0.1, 0.15) is 24.5 Å². The highest BCUT2D eigenvalue weighted by atomic mass is 16.3. The number of allylic oxidation sites excluding steroid dienone is 5. The Kier molecular flexibility index (Phi) is 5.96. The van der Waals surface area contributed by atoms with Crippen molar-refractivity contribution in [2.24, 2.45) is 5.18 Å². The third-order valence-electron chi connectivity index (χ3n) is 4.51. The zero-order valence-electron chi connectivity index (χ0n) is 16.0. The van der Waals surface area contributed by atoms with Crippen LogP contribution in [0.3, 0.4) is 0 Å². The normalized spacial score (nSPS) is 11.5. The largest absolute Gasteiger partial charge is 0.276 e. The summed E-state index contributed by atoms with van der Waals surface area (Å²) in [5, 5.41) is 13.1. The molecule has 0 aliphatic rings. The second-order valence-corrected chi connectivity index (χ2v) is 6.35. The molecule has 1 aromatic heterocycles. The van der Waals surface area contributed by atoms with Gasteiger partial charge in [0.15, 0.2) is 0 Å². The molecule has 0 saturated carbocycles. The van der Waals surface area contributed by atoms with Crippen molar-refractivity contribution in [3.05, 3.63) is 106 Å². The summed E-state index contributed by atoms with van der Waals surface area (Å²) in [6.45, 7) is 5.77. The lowest BCUT2D eigenvalue weighted by atomic mass is 10.0. The van der Waals surface area contributed by atoms with E-state index in [-0.39, 0.29) is 11.3 Å². The highest BCUT2D eigenvalue weighted by molar-refractivity contribution is 5.87. The van der Waals surface area contributed by atoms with Crippen LogP contribution in [-0.4, -0.2) is 4.57 Å². The number of nitrogens with zero attached hydrogens (tertiary/aromatic N) is 3. The molecular formula is C24H19N3O2. The maximum atomic E-state index is 13.0. The van der Waals surface area contributed by atoms with Gasteiger partial charge in [-0.05, 0) is 59.1 Å². The maximum absolute atomic E-state index is 13.0. The second kappa shape index (κ2) is 8.77. The molecule has 142 valence electrons. The van der Waals surface area contributed by atoms with E-state index in [1.807, 2.05) is 36.4 Å². The van der Waals surface area contributed by atoms with Crippen LogP contribution in [-0.2, 0) is 0 Å². The Labute approximate surface area is 168 Å².